The van der Waals surface area contributed by atoms with Crippen molar-refractivity contribution in [1.29, 1.82) is 0 Å². The summed E-state index contributed by atoms with van der Waals surface area (Å²) in [6.45, 7) is 2.10. The van der Waals surface area contributed by atoms with Gasteiger partial charge in [0.15, 0.2) is 0 Å². The lowest BCUT2D eigenvalue weighted by Crippen LogP contribution is -2.19. The second-order valence-corrected chi connectivity index (χ2v) is 6.16. The Morgan fingerprint density at radius 1 is 1.14 bits per heavy atom. The molecule has 114 valence electrons. The second kappa shape index (κ2) is 9.11. The minimum absolute atomic E-state index is 0.00475. The van der Waals surface area contributed by atoms with Crippen LogP contribution in [0.25, 0.3) is 6.08 Å². The van der Waals surface area contributed by atoms with Gasteiger partial charge in [-0.05, 0) is 29.7 Å². The highest BCUT2D eigenvalue weighted by Crippen LogP contribution is 2.21. The molecule has 0 unspecified atom stereocenters. The van der Waals surface area contributed by atoms with Crippen LogP contribution in [0.5, 0.6) is 0 Å². The van der Waals surface area contributed by atoms with E-state index in [4.69, 9.17) is 0 Å². The Hall–Kier alpha value is -2.00. The fourth-order valence-electron chi connectivity index (χ4n) is 2.04. The van der Waals surface area contributed by atoms with E-state index in [1.807, 2.05) is 30.0 Å². The zero-order valence-electron chi connectivity index (χ0n) is 12.8. The third kappa shape index (κ3) is 6.19. The molecular formula is C19H21NOS. The Morgan fingerprint density at radius 3 is 2.73 bits per heavy atom. The first-order chi connectivity index (χ1) is 10.7. The molecule has 0 aliphatic rings. The van der Waals surface area contributed by atoms with Crippen molar-refractivity contribution in [3.63, 3.8) is 0 Å². The molecule has 2 rings (SSSR count). The SMILES string of the molecule is CC(=O)NCC=Cc1cccc(SCCc2ccccc2)c1. The number of thioether (sulfide) groups is 1. The van der Waals surface area contributed by atoms with Crippen LogP contribution < -0.4 is 5.32 Å². The maximum absolute atomic E-state index is 10.8. The zero-order valence-corrected chi connectivity index (χ0v) is 13.6. The monoisotopic (exact) mass is 311 g/mol. The van der Waals surface area contributed by atoms with E-state index in [9.17, 15) is 4.79 Å². The lowest BCUT2D eigenvalue weighted by atomic mass is 10.2. The molecule has 1 amide bonds. The molecule has 0 fully saturated rings. The summed E-state index contributed by atoms with van der Waals surface area (Å²) >= 11 is 1.87. The fourth-order valence-corrected chi connectivity index (χ4v) is 3.00. The first-order valence-corrected chi connectivity index (χ1v) is 8.40. The van der Waals surface area contributed by atoms with E-state index in [1.54, 1.807) is 0 Å². The molecule has 1 N–H and O–H groups in total. The number of carbonyl (C=O) groups excluding carboxylic acids is 1. The van der Waals surface area contributed by atoms with Gasteiger partial charge in [-0.25, -0.2) is 0 Å². The standard InChI is InChI=1S/C19H21NOS/c1-16(21)20-13-6-10-18-9-5-11-19(15-18)22-14-12-17-7-3-2-4-8-17/h2-11,15H,12-14H2,1H3,(H,20,21). The molecule has 2 aromatic carbocycles. The van der Waals surface area contributed by atoms with Gasteiger partial charge in [0.05, 0.1) is 0 Å². The van der Waals surface area contributed by atoms with Crippen LogP contribution in [0.4, 0.5) is 0 Å². The normalized spacial score (nSPS) is 10.8. The Kier molecular flexibility index (Phi) is 6.78. The summed E-state index contributed by atoms with van der Waals surface area (Å²) in [7, 11) is 0. The maximum atomic E-state index is 10.8. The molecule has 0 spiro atoms. The summed E-state index contributed by atoms with van der Waals surface area (Å²) in [6.07, 6.45) is 5.08. The number of aryl methyl sites for hydroxylation is 1. The highest BCUT2D eigenvalue weighted by atomic mass is 32.2. The van der Waals surface area contributed by atoms with Gasteiger partial charge in [-0.15, -0.1) is 11.8 Å². The van der Waals surface area contributed by atoms with Crippen molar-refractivity contribution in [3.8, 4) is 0 Å². The van der Waals surface area contributed by atoms with E-state index in [0.29, 0.717) is 6.54 Å². The van der Waals surface area contributed by atoms with Crippen molar-refractivity contribution in [3.05, 3.63) is 71.8 Å². The third-order valence-electron chi connectivity index (χ3n) is 3.14. The number of hydrogen-bond donors (Lipinski definition) is 1. The van der Waals surface area contributed by atoms with Crippen molar-refractivity contribution >= 4 is 23.7 Å². The minimum atomic E-state index is -0.00475. The van der Waals surface area contributed by atoms with E-state index in [1.165, 1.54) is 17.4 Å². The molecule has 0 aromatic heterocycles. The summed E-state index contributed by atoms with van der Waals surface area (Å²) in [5.74, 6) is 1.07. The largest absolute Gasteiger partial charge is 0.353 e. The van der Waals surface area contributed by atoms with Gasteiger partial charge in [-0.2, -0.15) is 0 Å². The van der Waals surface area contributed by atoms with Gasteiger partial charge < -0.3 is 5.32 Å². The second-order valence-electron chi connectivity index (χ2n) is 5.00. The minimum Gasteiger partial charge on any atom is -0.353 e. The number of benzene rings is 2. The lowest BCUT2D eigenvalue weighted by Gasteiger charge is -2.03. The van der Waals surface area contributed by atoms with Crippen LogP contribution >= 0.6 is 11.8 Å². The van der Waals surface area contributed by atoms with Gasteiger partial charge >= 0.3 is 0 Å². The molecule has 0 bridgehead atoms. The summed E-state index contributed by atoms with van der Waals surface area (Å²) in [5.41, 5.74) is 2.54. The smallest absolute Gasteiger partial charge is 0.217 e. The first kappa shape index (κ1) is 16.4. The molecule has 0 radical (unpaired) electrons. The summed E-state index contributed by atoms with van der Waals surface area (Å²) in [5, 5.41) is 2.75. The summed E-state index contributed by atoms with van der Waals surface area (Å²) in [6, 6.07) is 19.0. The topological polar surface area (TPSA) is 29.1 Å². The molecule has 0 aliphatic carbocycles. The van der Waals surface area contributed by atoms with E-state index in [0.717, 1.165) is 17.7 Å². The van der Waals surface area contributed by atoms with Crippen LogP contribution in [0.3, 0.4) is 0 Å². The summed E-state index contributed by atoms with van der Waals surface area (Å²) < 4.78 is 0. The maximum Gasteiger partial charge on any atom is 0.217 e. The average molecular weight is 311 g/mol. The molecule has 0 aliphatic heterocycles. The highest BCUT2D eigenvalue weighted by molar-refractivity contribution is 7.99. The van der Waals surface area contributed by atoms with E-state index >= 15 is 0 Å². The molecule has 0 heterocycles. The predicted octanol–water partition coefficient (Wildman–Crippen LogP) is 4.17. The van der Waals surface area contributed by atoms with Crippen LogP contribution in [0.15, 0.2) is 65.6 Å². The number of hydrogen-bond acceptors (Lipinski definition) is 2. The van der Waals surface area contributed by atoms with Crippen LogP contribution in [-0.4, -0.2) is 18.2 Å². The molecule has 0 saturated heterocycles. The van der Waals surface area contributed by atoms with E-state index in [-0.39, 0.29) is 5.91 Å². The molecule has 2 aromatic rings. The van der Waals surface area contributed by atoms with Gasteiger partial charge in [0.1, 0.15) is 0 Å². The Balaban J connectivity index is 1.82. The van der Waals surface area contributed by atoms with Crippen LogP contribution in [0.1, 0.15) is 18.1 Å². The van der Waals surface area contributed by atoms with E-state index < -0.39 is 0 Å². The van der Waals surface area contributed by atoms with Crippen LogP contribution in [0, 0.1) is 0 Å². The average Bonchev–Trinajstić information content (AvgIpc) is 2.53. The number of amides is 1. The predicted molar refractivity (Wildman–Crippen MR) is 95.0 cm³/mol. The molecule has 0 saturated carbocycles. The Morgan fingerprint density at radius 2 is 1.95 bits per heavy atom. The van der Waals surface area contributed by atoms with E-state index in [2.05, 4.69) is 53.8 Å². The molecular weight excluding hydrogens is 290 g/mol. The van der Waals surface area contributed by atoms with Crippen molar-refractivity contribution in [1.82, 2.24) is 5.32 Å². The zero-order chi connectivity index (χ0) is 15.6. The van der Waals surface area contributed by atoms with Crippen molar-refractivity contribution in [2.24, 2.45) is 0 Å². The summed E-state index contributed by atoms with van der Waals surface area (Å²) in [4.78, 5) is 12.1. The first-order valence-electron chi connectivity index (χ1n) is 7.42. The van der Waals surface area contributed by atoms with Crippen LogP contribution in [0.2, 0.25) is 0 Å². The van der Waals surface area contributed by atoms with Gasteiger partial charge in [0, 0.05) is 24.1 Å². The van der Waals surface area contributed by atoms with Crippen LogP contribution in [-0.2, 0) is 11.2 Å². The molecule has 2 nitrogen and oxygen atoms in total. The number of carbonyl (C=O) groups is 1. The Labute approximate surface area is 136 Å². The molecule has 3 heteroatoms. The van der Waals surface area contributed by atoms with Gasteiger partial charge in [-0.3, -0.25) is 4.79 Å². The lowest BCUT2D eigenvalue weighted by molar-refractivity contribution is -0.118. The fraction of sp³-hybridized carbons (Fsp3) is 0.211. The van der Waals surface area contributed by atoms with Gasteiger partial charge in [-0.1, -0.05) is 54.6 Å². The van der Waals surface area contributed by atoms with Crippen molar-refractivity contribution < 1.29 is 4.79 Å². The highest BCUT2D eigenvalue weighted by Gasteiger charge is 1.97. The Bertz CT molecular complexity index is 622. The van der Waals surface area contributed by atoms with Crippen molar-refractivity contribution in [2.45, 2.75) is 18.2 Å². The number of nitrogens with one attached hydrogen (secondary N) is 1. The quantitative estimate of drug-likeness (QED) is 0.778. The molecule has 0 atom stereocenters. The van der Waals surface area contributed by atoms with Gasteiger partial charge in [0.2, 0.25) is 5.91 Å². The van der Waals surface area contributed by atoms with Crippen molar-refractivity contribution in [2.75, 3.05) is 12.3 Å². The van der Waals surface area contributed by atoms with Gasteiger partial charge in [0.25, 0.3) is 0 Å². The number of rotatable bonds is 7. The third-order valence-corrected chi connectivity index (χ3v) is 4.14. The molecule has 22 heavy (non-hydrogen) atoms.